The average Bonchev–Trinajstić information content (AvgIpc) is 2.90. The fraction of sp³-hybridized carbons (Fsp3) is 0.0556. The maximum atomic E-state index is 12.6. The van der Waals surface area contributed by atoms with Crippen molar-refractivity contribution in [2.45, 2.75) is 6.92 Å². The SMILES string of the molecule is Cc1ccc(C(=O)NN2C(=O)C(=Cc3cccc([N+](=O)[O-])c3)SC2=S)cc1. The third-order valence-electron chi connectivity index (χ3n) is 3.70. The second kappa shape index (κ2) is 7.68. The van der Waals surface area contributed by atoms with Crippen LogP contribution in [0.3, 0.4) is 0 Å². The van der Waals surface area contributed by atoms with Crippen LogP contribution in [0.5, 0.6) is 0 Å². The van der Waals surface area contributed by atoms with E-state index in [4.69, 9.17) is 12.2 Å². The predicted octanol–water partition coefficient (Wildman–Crippen LogP) is 3.45. The van der Waals surface area contributed by atoms with Crippen molar-refractivity contribution in [3.63, 3.8) is 0 Å². The van der Waals surface area contributed by atoms with Crippen molar-refractivity contribution in [1.82, 2.24) is 10.4 Å². The summed E-state index contributed by atoms with van der Waals surface area (Å²) >= 11 is 6.19. The summed E-state index contributed by atoms with van der Waals surface area (Å²) in [5, 5.41) is 11.9. The first-order valence-electron chi connectivity index (χ1n) is 7.75. The molecule has 3 rings (SSSR count). The number of hydrogen-bond donors (Lipinski definition) is 1. The minimum absolute atomic E-state index is 0.0769. The zero-order valence-electron chi connectivity index (χ0n) is 14.0. The molecule has 7 nitrogen and oxygen atoms in total. The normalized spacial score (nSPS) is 15.3. The Balaban J connectivity index is 1.78. The van der Waals surface area contributed by atoms with Gasteiger partial charge in [-0.1, -0.05) is 41.6 Å². The van der Waals surface area contributed by atoms with Crippen LogP contribution in [0.2, 0.25) is 0 Å². The first kappa shape index (κ1) is 18.7. The third-order valence-corrected chi connectivity index (χ3v) is 5.00. The van der Waals surface area contributed by atoms with E-state index in [-0.39, 0.29) is 14.9 Å². The van der Waals surface area contributed by atoms with E-state index in [1.165, 1.54) is 24.3 Å². The number of carbonyl (C=O) groups is 2. The van der Waals surface area contributed by atoms with E-state index >= 15 is 0 Å². The highest BCUT2D eigenvalue weighted by atomic mass is 32.2. The van der Waals surface area contributed by atoms with Gasteiger partial charge in [0.1, 0.15) is 0 Å². The molecule has 1 N–H and O–H groups in total. The molecule has 2 aromatic rings. The lowest BCUT2D eigenvalue weighted by molar-refractivity contribution is -0.384. The Labute approximate surface area is 164 Å². The minimum atomic E-state index is -0.510. The van der Waals surface area contributed by atoms with Gasteiger partial charge in [0, 0.05) is 17.7 Å². The van der Waals surface area contributed by atoms with E-state index in [1.54, 1.807) is 30.3 Å². The molecular formula is C18H13N3O4S2. The molecule has 0 atom stereocenters. The van der Waals surface area contributed by atoms with E-state index in [1.807, 2.05) is 6.92 Å². The number of nitrogens with zero attached hydrogens (tertiary/aromatic N) is 2. The summed E-state index contributed by atoms with van der Waals surface area (Å²) in [6, 6.07) is 12.8. The summed E-state index contributed by atoms with van der Waals surface area (Å²) in [6.45, 7) is 1.91. The number of non-ortho nitro benzene ring substituents is 1. The maximum absolute atomic E-state index is 12.6. The van der Waals surface area contributed by atoms with Gasteiger partial charge in [-0.3, -0.25) is 25.1 Å². The molecule has 1 aliphatic heterocycles. The molecule has 0 bridgehead atoms. The predicted molar refractivity (Wildman–Crippen MR) is 107 cm³/mol. The summed E-state index contributed by atoms with van der Waals surface area (Å²) in [5.41, 5.74) is 4.32. The molecule has 1 heterocycles. The Hall–Kier alpha value is -3.04. The number of nitrogens with one attached hydrogen (secondary N) is 1. The van der Waals surface area contributed by atoms with Crippen molar-refractivity contribution in [1.29, 1.82) is 0 Å². The molecule has 0 radical (unpaired) electrons. The number of aryl methyl sites for hydroxylation is 1. The molecule has 27 heavy (non-hydrogen) atoms. The molecule has 0 unspecified atom stereocenters. The number of thioether (sulfide) groups is 1. The molecule has 0 aliphatic carbocycles. The highest BCUT2D eigenvalue weighted by molar-refractivity contribution is 8.26. The molecule has 1 aliphatic rings. The third kappa shape index (κ3) is 4.21. The van der Waals surface area contributed by atoms with Crippen LogP contribution in [-0.4, -0.2) is 26.1 Å². The number of carbonyl (C=O) groups excluding carboxylic acids is 2. The zero-order chi connectivity index (χ0) is 19.6. The van der Waals surface area contributed by atoms with Crippen molar-refractivity contribution in [2.75, 3.05) is 0 Å². The minimum Gasteiger partial charge on any atom is -0.267 e. The second-order valence-electron chi connectivity index (χ2n) is 5.68. The van der Waals surface area contributed by atoms with Crippen LogP contribution in [-0.2, 0) is 4.79 Å². The number of hydrogen-bond acceptors (Lipinski definition) is 6. The number of hydrazine groups is 1. The second-order valence-corrected chi connectivity index (χ2v) is 7.35. The summed E-state index contributed by atoms with van der Waals surface area (Å²) in [5.74, 6) is -0.945. The van der Waals surface area contributed by atoms with Crippen LogP contribution in [0.15, 0.2) is 53.4 Å². The van der Waals surface area contributed by atoms with E-state index in [2.05, 4.69) is 5.43 Å². The summed E-state index contributed by atoms with van der Waals surface area (Å²) in [4.78, 5) is 35.5. The Morgan fingerprint density at radius 2 is 1.96 bits per heavy atom. The molecule has 136 valence electrons. The first-order valence-corrected chi connectivity index (χ1v) is 8.98. The molecule has 2 aromatic carbocycles. The summed E-state index contributed by atoms with van der Waals surface area (Å²) in [7, 11) is 0. The van der Waals surface area contributed by atoms with Gasteiger partial charge in [0.2, 0.25) is 0 Å². The van der Waals surface area contributed by atoms with Gasteiger partial charge >= 0.3 is 0 Å². The van der Waals surface area contributed by atoms with Crippen molar-refractivity contribution in [2.24, 2.45) is 0 Å². The lowest BCUT2D eigenvalue weighted by Gasteiger charge is -2.15. The van der Waals surface area contributed by atoms with Gasteiger partial charge in [-0.25, -0.2) is 0 Å². The van der Waals surface area contributed by atoms with E-state index in [0.717, 1.165) is 22.3 Å². The smallest absolute Gasteiger partial charge is 0.267 e. The van der Waals surface area contributed by atoms with E-state index < -0.39 is 16.7 Å². The Kier molecular flexibility index (Phi) is 5.33. The van der Waals surface area contributed by atoms with Crippen LogP contribution in [0.25, 0.3) is 6.08 Å². The number of benzene rings is 2. The number of thiocarbonyl (C=S) groups is 1. The molecule has 0 saturated carbocycles. The number of amides is 2. The van der Waals surface area contributed by atoms with Gasteiger partial charge in [0.25, 0.3) is 17.5 Å². The van der Waals surface area contributed by atoms with Crippen LogP contribution in [0, 0.1) is 17.0 Å². The van der Waals surface area contributed by atoms with E-state index in [0.29, 0.717) is 11.1 Å². The topological polar surface area (TPSA) is 92.6 Å². The first-order chi connectivity index (χ1) is 12.8. The van der Waals surface area contributed by atoms with Crippen LogP contribution in [0.4, 0.5) is 5.69 Å². The lowest BCUT2D eigenvalue weighted by atomic mass is 10.1. The van der Waals surface area contributed by atoms with Crippen LogP contribution >= 0.6 is 24.0 Å². The molecule has 0 aromatic heterocycles. The maximum Gasteiger partial charge on any atom is 0.285 e. The van der Waals surface area contributed by atoms with Gasteiger partial charge in [0.15, 0.2) is 4.32 Å². The fourth-order valence-corrected chi connectivity index (χ4v) is 3.49. The number of rotatable bonds is 4. The van der Waals surface area contributed by atoms with Crippen molar-refractivity contribution in [3.8, 4) is 0 Å². The zero-order valence-corrected chi connectivity index (χ0v) is 15.7. The van der Waals surface area contributed by atoms with Gasteiger partial charge in [0.05, 0.1) is 9.83 Å². The number of nitro benzene ring substituents is 1. The Bertz CT molecular complexity index is 986. The molecule has 0 spiro atoms. The summed E-state index contributed by atoms with van der Waals surface area (Å²) in [6.07, 6.45) is 1.50. The van der Waals surface area contributed by atoms with Gasteiger partial charge in [-0.05, 0) is 42.9 Å². The lowest BCUT2D eigenvalue weighted by Crippen LogP contribution is -2.44. The van der Waals surface area contributed by atoms with Crippen molar-refractivity contribution < 1.29 is 14.5 Å². The quantitative estimate of drug-likeness (QED) is 0.366. The molecule has 9 heteroatoms. The van der Waals surface area contributed by atoms with Crippen molar-refractivity contribution in [3.05, 3.63) is 80.2 Å². The van der Waals surface area contributed by atoms with Gasteiger partial charge in [-0.15, -0.1) is 0 Å². The molecule has 1 saturated heterocycles. The molecule has 1 fully saturated rings. The fourth-order valence-electron chi connectivity index (χ4n) is 2.31. The van der Waals surface area contributed by atoms with E-state index in [9.17, 15) is 19.7 Å². The standard InChI is InChI=1S/C18H13N3O4S2/c1-11-5-7-13(8-6-11)16(22)19-20-17(23)15(27-18(20)26)10-12-3-2-4-14(9-12)21(24)25/h2-10H,1H3,(H,19,22). The van der Waals surface area contributed by atoms with Gasteiger partial charge < -0.3 is 0 Å². The largest absolute Gasteiger partial charge is 0.285 e. The molecular weight excluding hydrogens is 386 g/mol. The van der Waals surface area contributed by atoms with Crippen molar-refractivity contribution >= 4 is 51.9 Å². The average molecular weight is 399 g/mol. The number of nitro groups is 1. The van der Waals surface area contributed by atoms with Gasteiger partial charge in [-0.2, -0.15) is 5.01 Å². The summed E-state index contributed by atoms with van der Waals surface area (Å²) < 4.78 is 0.178. The highest BCUT2D eigenvalue weighted by Gasteiger charge is 2.33. The Morgan fingerprint density at radius 3 is 2.63 bits per heavy atom. The van der Waals surface area contributed by atoms with Crippen LogP contribution < -0.4 is 5.43 Å². The Morgan fingerprint density at radius 1 is 1.26 bits per heavy atom. The highest BCUT2D eigenvalue weighted by Crippen LogP contribution is 2.32. The van der Waals surface area contributed by atoms with Crippen LogP contribution in [0.1, 0.15) is 21.5 Å². The molecule has 2 amide bonds. The monoisotopic (exact) mass is 399 g/mol.